The second-order valence-corrected chi connectivity index (χ2v) is 4.18. The van der Waals surface area contributed by atoms with Gasteiger partial charge < -0.3 is 10.3 Å². The van der Waals surface area contributed by atoms with Gasteiger partial charge in [-0.15, -0.1) is 0 Å². The molecule has 1 amide bonds. The monoisotopic (exact) mass is 308 g/mol. The maximum Gasteiger partial charge on any atom is 0.279 e. The largest absolute Gasteiger partial charge is 0.352 e. The van der Waals surface area contributed by atoms with Crippen LogP contribution in [0.4, 0.5) is 8.78 Å². The molecule has 1 aromatic heterocycles. The van der Waals surface area contributed by atoms with Gasteiger partial charge in [-0.2, -0.15) is 0 Å². The lowest BCUT2D eigenvalue weighted by atomic mass is 10.2. The molecule has 7 heteroatoms. The number of carbonyl (C=O) groups is 1. The van der Waals surface area contributed by atoms with Gasteiger partial charge in [-0.05, 0) is 28.4 Å². The summed E-state index contributed by atoms with van der Waals surface area (Å²) in [5, 5.41) is 2.50. The topological polar surface area (TPSA) is 62.0 Å². The molecule has 0 saturated heterocycles. The fourth-order valence-electron chi connectivity index (χ4n) is 1.18. The Morgan fingerprint density at radius 2 is 2.24 bits per heavy atom. The van der Waals surface area contributed by atoms with Crippen molar-refractivity contribution in [3.8, 4) is 0 Å². The van der Waals surface area contributed by atoms with Crippen LogP contribution >= 0.6 is 15.9 Å². The standard InChI is InChI=1S/C10H11BrF2N2O2/c1-2-3-14-9(16)5-4-6(11)7(8(12)13)15-10(5)17/h4,8H,2-3H2,1H3,(H,14,16)(H,15,17). The smallest absolute Gasteiger partial charge is 0.279 e. The van der Waals surface area contributed by atoms with Gasteiger partial charge in [0.2, 0.25) is 0 Å². The third-order valence-electron chi connectivity index (χ3n) is 2.02. The Morgan fingerprint density at radius 3 is 2.76 bits per heavy atom. The molecule has 2 N–H and O–H groups in total. The van der Waals surface area contributed by atoms with Crippen LogP contribution in [0, 0.1) is 0 Å². The Labute approximate surface area is 105 Å². The molecule has 0 aliphatic rings. The number of amides is 1. The lowest BCUT2D eigenvalue weighted by Gasteiger charge is -2.06. The average Bonchev–Trinajstić information content (AvgIpc) is 2.28. The summed E-state index contributed by atoms with van der Waals surface area (Å²) >= 11 is 2.89. The van der Waals surface area contributed by atoms with Gasteiger partial charge in [0.15, 0.2) is 0 Å². The second-order valence-electron chi connectivity index (χ2n) is 3.33. The summed E-state index contributed by atoms with van der Waals surface area (Å²) in [4.78, 5) is 24.9. The van der Waals surface area contributed by atoms with Gasteiger partial charge in [0.25, 0.3) is 17.9 Å². The van der Waals surface area contributed by atoms with Crippen LogP contribution in [0.15, 0.2) is 15.3 Å². The number of halogens is 3. The quantitative estimate of drug-likeness (QED) is 0.896. The molecule has 4 nitrogen and oxygen atoms in total. The highest BCUT2D eigenvalue weighted by Gasteiger charge is 2.18. The molecule has 0 spiro atoms. The Morgan fingerprint density at radius 1 is 1.59 bits per heavy atom. The van der Waals surface area contributed by atoms with Crippen molar-refractivity contribution in [1.29, 1.82) is 0 Å². The van der Waals surface area contributed by atoms with E-state index in [1.54, 1.807) is 0 Å². The van der Waals surface area contributed by atoms with Crippen molar-refractivity contribution in [2.75, 3.05) is 6.54 Å². The molecule has 1 rings (SSSR count). The lowest BCUT2D eigenvalue weighted by Crippen LogP contribution is -2.30. The van der Waals surface area contributed by atoms with Crippen LogP contribution in [0.3, 0.4) is 0 Å². The summed E-state index contributed by atoms with van der Waals surface area (Å²) in [5.41, 5.74) is -1.53. The van der Waals surface area contributed by atoms with Gasteiger partial charge in [-0.3, -0.25) is 9.59 Å². The van der Waals surface area contributed by atoms with Crippen molar-refractivity contribution in [2.45, 2.75) is 19.8 Å². The van der Waals surface area contributed by atoms with E-state index in [1.807, 2.05) is 11.9 Å². The Balaban J connectivity index is 3.07. The van der Waals surface area contributed by atoms with E-state index < -0.39 is 23.6 Å². The first-order chi connectivity index (χ1) is 7.97. The van der Waals surface area contributed by atoms with E-state index in [0.717, 1.165) is 12.5 Å². The van der Waals surface area contributed by atoms with Crippen molar-refractivity contribution in [1.82, 2.24) is 10.3 Å². The maximum absolute atomic E-state index is 12.4. The number of nitrogens with one attached hydrogen (secondary N) is 2. The summed E-state index contributed by atoms with van der Waals surface area (Å²) in [6, 6.07) is 1.10. The van der Waals surface area contributed by atoms with Gasteiger partial charge >= 0.3 is 0 Å². The number of alkyl halides is 2. The molecule has 1 aromatic rings. The first-order valence-corrected chi connectivity index (χ1v) is 5.75. The van der Waals surface area contributed by atoms with Crippen molar-refractivity contribution >= 4 is 21.8 Å². The molecule has 0 aliphatic heterocycles. The molecule has 0 fully saturated rings. The van der Waals surface area contributed by atoms with Crippen LogP contribution in [-0.2, 0) is 0 Å². The summed E-state index contributed by atoms with van der Waals surface area (Å²) in [6.07, 6.45) is -2.08. The first-order valence-electron chi connectivity index (χ1n) is 4.96. The number of hydrogen-bond acceptors (Lipinski definition) is 2. The Hall–Kier alpha value is -1.24. The SMILES string of the molecule is CCCNC(=O)c1cc(Br)c(C(F)F)[nH]c1=O. The van der Waals surface area contributed by atoms with E-state index in [0.29, 0.717) is 6.54 Å². The average molecular weight is 309 g/mol. The Kier molecular flexibility index (Phi) is 4.80. The van der Waals surface area contributed by atoms with Crippen molar-refractivity contribution < 1.29 is 13.6 Å². The third kappa shape index (κ3) is 3.36. The van der Waals surface area contributed by atoms with E-state index in [-0.39, 0.29) is 10.0 Å². The van der Waals surface area contributed by atoms with Crippen LogP contribution in [0.1, 0.15) is 35.8 Å². The summed E-state index contributed by atoms with van der Waals surface area (Å²) in [6.45, 7) is 2.28. The highest BCUT2D eigenvalue weighted by molar-refractivity contribution is 9.10. The van der Waals surface area contributed by atoms with Gasteiger partial charge in [0, 0.05) is 11.0 Å². The Bertz CT molecular complexity index is 474. The number of rotatable bonds is 4. The van der Waals surface area contributed by atoms with Crippen LogP contribution in [-0.4, -0.2) is 17.4 Å². The zero-order valence-electron chi connectivity index (χ0n) is 9.02. The summed E-state index contributed by atoms with van der Waals surface area (Å²) < 4.78 is 24.9. The number of aromatic nitrogens is 1. The van der Waals surface area contributed by atoms with E-state index in [2.05, 4.69) is 21.2 Å². The molecular weight excluding hydrogens is 298 g/mol. The summed E-state index contributed by atoms with van der Waals surface area (Å²) in [5.74, 6) is -0.574. The van der Waals surface area contributed by atoms with Gasteiger partial charge in [-0.25, -0.2) is 8.78 Å². The van der Waals surface area contributed by atoms with Crippen LogP contribution < -0.4 is 10.9 Å². The zero-order valence-corrected chi connectivity index (χ0v) is 10.6. The molecule has 94 valence electrons. The molecule has 0 atom stereocenters. The normalized spacial score (nSPS) is 10.6. The van der Waals surface area contributed by atoms with Crippen LogP contribution in [0.25, 0.3) is 0 Å². The maximum atomic E-state index is 12.4. The highest BCUT2D eigenvalue weighted by Crippen LogP contribution is 2.24. The molecule has 0 aromatic carbocycles. The van der Waals surface area contributed by atoms with E-state index in [4.69, 9.17) is 0 Å². The van der Waals surface area contributed by atoms with E-state index in [9.17, 15) is 18.4 Å². The second kappa shape index (κ2) is 5.90. The van der Waals surface area contributed by atoms with Crippen LogP contribution in [0.2, 0.25) is 0 Å². The van der Waals surface area contributed by atoms with Crippen molar-refractivity contribution in [3.05, 3.63) is 32.2 Å². The zero-order chi connectivity index (χ0) is 13.0. The third-order valence-corrected chi connectivity index (χ3v) is 2.68. The minimum absolute atomic E-state index is 0.00810. The predicted octanol–water partition coefficient (Wildman–Crippen LogP) is 2.21. The fourth-order valence-corrected chi connectivity index (χ4v) is 1.68. The molecule has 0 unspecified atom stereocenters. The molecule has 0 bridgehead atoms. The van der Waals surface area contributed by atoms with Gasteiger partial charge in [0.1, 0.15) is 5.56 Å². The first kappa shape index (κ1) is 13.8. The number of hydrogen-bond donors (Lipinski definition) is 2. The molecule has 1 heterocycles. The highest BCUT2D eigenvalue weighted by atomic mass is 79.9. The van der Waals surface area contributed by atoms with Gasteiger partial charge in [-0.1, -0.05) is 6.92 Å². The molecule has 0 saturated carbocycles. The van der Waals surface area contributed by atoms with E-state index in [1.165, 1.54) is 0 Å². The van der Waals surface area contributed by atoms with E-state index >= 15 is 0 Å². The van der Waals surface area contributed by atoms with Crippen molar-refractivity contribution in [3.63, 3.8) is 0 Å². The number of carbonyl (C=O) groups excluding carboxylic acids is 1. The molecular formula is C10H11BrF2N2O2. The predicted molar refractivity (Wildman–Crippen MR) is 62.3 cm³/mol. The number of H-pyrrole nitrogens is 1. The molecule has 0 aliphatic carbocycles. The lowest BCUT2D eigenvalue weighted by molar-refractivity contribution is 0.0951. The molecule has 17 heavy (non-hydrogen) atoms. The molecule has 0 radical (unpaired) electrons. The number of aromatic amines is 1. The minimum Gasteiger partial charge on any atom is -0.352 e. The summed E-state index contributed by atoms with van der Waals surface area (Å²) in [7, 11) is 0. The van der Waals surface area contributed by atoms with Gasteiger partial charge in [0.05, 0.1) is 5.69 Å². The fraction of sp³-hybridized carbons (Fsp3) is 0.400. The number of pyridine rings is 1. The van der Waals surface area contributed by atoms with Crippen molar-refractivity contribution in [2.24, 2.45) is 0 Å². The van der Waals surface area contributed by atoms with Crippen LogP contribution in [0.5, 0.6) is 0 Å². The minimum atomic E-state index is -2.80.